The summed E-state index contributed by atoms with van der Waals surface area (Å²) in [5.41, 5.74) is 3.67. The number of ether oxygens (including phenoxy) is 3. The second-order valence-corrected chi connectivity index (χ2v) is 10.4. The second-order valence-electron chi connectivity index (χ2n) is 10.4. The Hall–Kier alpha value is -2.93. The molecule has 2 aliphatic rings. The van der Waals surface area contributed by atoms with Crippen molar-refractivity contribution in [1.82, 2.24) is 0 Å². The lowest BCUT2D eigenvalue weighted by atomic mass is 9.98. The van der Waals surface area contributed by atoms with E-state index < -0.39 is 5.97 Å². The molecule has 0 radical (unpaired) electrons. The zero-order valence-corrected chi connectivity index (χ0v) is 22.0. The van der Waals surface area contributed by atoms with Gasteiger partial charge in [0.25, 0.3) is 0 Å². The van der Waals surface area contributed by atoms with E-state index in [1.807, 2.05) is 24.3 Å². The number of carbonyl (C=O) groups is 1. The third kappa shape index (κ3) is 6.44. The number of methoxy groups -OCH3 is 2. The molecule has 7 heteroatoms. The van der Waals surface area contributed by atoms with Crippen LogP contribution >= 0.6 is 0 Å². The minimum Gasteiger partial charge on any atom is -0.497 e. The van der Waals surface area contributed by atoms with E-state index >= 15 is 0 Å². The Balaban J connectivity index is 1.36. The van der Waals surface area contributed by atoms with Crippen LogP contribution in [0.3, 0.4) is 0 Å². The van der Waals surface area contributed by atoms with Crippen molar-refractivity contribution in [3.63, 3.8) is 0 Å². The summed E-state index contributed by atoms with van der Waals surface area (Å²) in [5, 5.41) is 9.30. The van der Waals surface area contributed by atoms with Crippen molar-refractivity contribution in [3.05, 3.63) is 48.0 Å². The van der Waals surface area contributed by atoms with Crippen LogP contribution in [-0.2, 0) is 16.0 Å². The Labute approximate surface area is 214 Å². The maximum absolute atomic E-state index is 11.3. The Morgan fingerprint density at radius 2 is 1.72 bits per heavy atom. The van der Waals surface area contributed by atoms with Crippen LogP contribution in [0.1, 0.15) is 45.1 Å². The van der Waals surface area contributed by atoms with Crippen molar-refractivity contribution in [2.45, 2.75) is 64.2 Å². The van der Waals surface area contributed by atoms with Gasteiger partial charge in [0.1, 0.15) is 17.6 Å². The van der Waals surface area contributed by atoms with E-state index in [1.165, 1.54) is 11.3 Å². The number of anilines is 2. The fraction of sp³-hybridized carbons (Fsp3) is 0.552. The molecule has 0 aromatic heterocycles. The molecule has 36 heavy (non-hydrogen) atoms. The molecule has 196 valence electrons. The molecule has 2 aromatic rings. The predicted molar refractivity (Wildman–Crippen MR) is 143 cm³/mol. The Morgan fingerprint density at radius 3 is 2.33 bits per heavy atom. The first-order valence-electron chi connectivity index (χ1n) is 13.1. The average Bonchev–Trinajstić information content (AvgIpc) is 3.27. The standard InChI is InChI=1S/C29H40N2O5/c1-20(2)15-21-5-8-26(34-3)18-28(21)30-13-11-25(12-14-30)36-24-9-6-22(7-10-24)31-19-27(35-4)16-23(31)17-29(32)33/h5-10,18,20,23,25,27H,11-17,19H2,1-4H3,(H,32,33)/t23-,27-/m1/s1. The van der Waals surface area contributed by atoms with Crippen LogP contribution in [0.4, 0.5) is 11.4 Å². The first-order valence-corrected chi connectivity index (χ1v) is 13.1. The lowest BCUT2D eigenvalue weighted by Gasteiger charge is -2.35. The molecule has 4 rings (SSSR count). The monoisotopic (exact) mass is 496 g/mol. The largest absolute Gasteiger partial charge is 0.497 e. The number of hydrogen-bond acceptors (Lipinski definition) is 6. The normalized spacial score (nSPS) is 20.7. The van der Waals surface area contributed by atoms with Crippen LogP contribution < -0.4 is 19.3 Å². The number of carboxylic acid groups (broad SMARTS) is 1. The molecule has 0 saturated carbocycles. The van der Waals surface area contributed by atoms with Crippen LogP contribution in [0.25, 0.3) is 0 Å². The van der Waals surface area contributed by atoms with E-state index in [2.05, 4.69) is 41.8 Å². The SMILES string of the molecule is COc1ccc(CC(C)C)c(N2CCC(Oc3ccc(N4C[C@H](OC)C[C@@H]4CC(=O)O)cc3)CC2)c1. The fourth-order valence-corrected chi connectivity index (χ4v) is 5.46. The lowest BCUT2D eigenvalue weighted by molar-refractivity contribution is -0.137. The molecule has 7 nitrogen and oxygen atoms in total. The van der Waals surface area contributed by atoms with Crippen molar-refractivity contribution in [1.29, 1.82) is 0 Å². The molecule has 0 unspecified atom stereocenters. The molecular weight excluding hydrogens is 456 g/mol. The number of nitrogens with zero attached hydrogens (tertiary/aromatic N) is 2. The third-order valence-electron chi connectivity index (χ3n) is 7.29. The highest BCUT2D eigenvalue weighted by Crippen LogP contribution is 2.33. The summed E-state index contributed by atoms with van der Waals surface area (Å²) < 4.78 is 17.3. The highest BCUT2D eigenvalue weighted by molar-refractivity contribution is 5.69. The summed E-state index contributed by atoms with van der Waals surface area (Å²) in [6.07, 6.45) is 4.05. The first kappa shape index (κ1) is 26.1. The molecule has 0 aliphatic carbocycles. The smallest absolute Gasteiger partial charge is 0.305 e. The van der Waals surface area contributed by atoms with E-state index in [1.54, 1.807) is 14.2 Å². The predicted octanol–water partition coefficient (Wildman–Crippen LogP) is 5.01. The van der Waals surface area contributed by atoms with E-state index in [9.17, 15) is 9.90 Å². The minimum atomic E-state index is -0.779. The van der Waals surface area contributed by atoms with Crippen LogP contribution in [-0.4, -0.2) is 63.2 Å². The maximum atomic E-state index is 11.3. The number of aliphatic carboxylic acids is 1. The van der Waals surface area contributed by atoms with Gasteiger partial charge in [0, 0.05) is 63.1 Å². The Morgan fingerprint density at radius 1 is 1.03 bits per heavy atom. The molecular formula is C29H40N2O5. The van der Waals surface area contributed by atoms with Crippen molar-refractivity contribution in [3.8, 4) is 11.5 Å². The van der Waals surface area contributed by atoms with Crippen molar-refractivity contribution in [2.75, 3.05) is 43.7 Å². The van der Waals surface area contributed by atoms with Crippen molar-refractivity contribution >= 4 is 17.3 Å². The Kier molecular flexibility index (Phi) is 8.62. The van der Waals surface area contributed by atoms with Gasteiger partial charge in [0.05, 0.1) is 19.6 Å². The van der Waals surface area contributed by atoms with Gasteiger partial charge >= 0.3 is 5.97 Å². The molecule has 0 bridgehead atoms. The molecule has 1 N–H and O–H groups in total. The summed E-state index contributed by atoms with van der Waals surface area (Å²) in [6, 6.07) is 14.4. The first-order chi connectivity index (χ1) is 17.4. The van der Waals surface area contributed by atoms with Gasteiger partial charge in [-0.05, 0) is 54.7 Å². The molecule has 2 aliphatic heterocycles. The average molecular weight is 497 g/mol. The van der Waals surface area contributed by atoms with Crippen LogP contribution in [0.2, 0.25) is 0 Å². The number of benzene rings is 2. The summed E-state index contributed by atoms with van der Waals surface area (Å²) in [7, 11) is 3.41. The topological polar surface area (TPSA) is 71.5 Å². The summed E-state index contributed by atoms with van der Waals surface area (Å²) in [5.74, 6) is 1.58. The van der Waals surface area contributed by atoms with Gasteiger partial charge in [-0.2, -0.15) is 0 Å². The van der Waals surface area contributed by atoms with Gasteiger partial charge in [-0.25, -0.2) is 0 Å². The molecule has 2 saturated heterocycles. The summed E-state index contributed by atoms with van der Waals surface area (Å²) >= 11 is 0. The maximum Gasteiger partial charge on any atom is 0.305 e. The molecule has 0 spiro atoms. The highest BCUT2D eigenvalue weighted by Gasteiger charge is 2.33. The van der Waals surface area contributed by atoms with Gasteiger partial charge < -0.3 is 29.1 Å². The van der Waals surface area contributed by atoms with Crippen molar-refractivity contribution < 1.29 is 24.1 Å². The zero-order chi connectivity index (χ0) is 25.7. The van der Waals surface area contributed by atoms with Gasteiger partial charge in [0.15, 0.2) is 0 Å². The summed E-state index contributed by atoms with van der Waals surface area (Å²) in [6.45, 7) is 7.11. The van der Waals surface area contributed by atoms with Crippen LogP contribution in [0.15, 0.2) is 42.5 Å². The van der Waals surface area contributed by atoms with E-state index in [4.69, 9.17) is 14.2 Å². The van der Waals surface area contributed by atoms with Gasteiger partial charge in [-0.1, -0.05) is 19.9 Å². The molecule has 0 amide bonds. The minimum absolute atomic E-state index is 0.0549. The second kappa shape index (κ2) is 11.9. The molecule has 2 atom stereocenters. The van der Waals surface area contributed by atoms with E-state index in [-0.39, 0.29) is 24.7 Å². The number of hydrogen-bond donors (Lipinski definition) is 1. The number of carboxylic acids is 1. The van der Waals surface area contributed by atoms with E-state index in [0.29, 0.717) is 12.5 Å². The van der Waals surface area contributed by atoms with E-state index in [0.717, 1.165) is 56.0 Å². The summed E-state index contributed by atoms with van der Waals surface area (Å²) in [4.78, 5) is 15.9. The molecule has 2 fully saturated rings. The van der Waals surface area contributed by atoms with Crippen molar-refractivity contribution in [2.24, 2.45) is 5.92 Å². The van der Waals surface area contributed by atoms with Gasteiger partial charge in [-0.3, -0.25) is 4.79 Å². The number of piperidine rings is 1. The quantitative estimate of drug-likeness (QED) is 0.496. The van der Waals surface area contributed by atoms with Gasteiger partial charge in [0.2, 0.25) is 0 Å². The van der Waals surface area contributed by atoms with Crippen LogP contribution in [0.5, 0.6) is 11.5 Å². The Bertz CT molecular complexity index is 1000. The third-order valence-corrected chi connectivity index (χ3v) is 7.29. The lowest BCUT2D eigenvalue weighted by Crippen LogP contribution is -2.38. The van der Waals surface area contributed by atoms with Crippen LogP contribution in [0, 0.1) is 5.92 Å². The fourth-order valence-electron chi connectivity index (χ4n) is 5.46. The zero-order valence-electron chi connectivity index (χ0n) is 22.0. The van der Waals surface area contributed by atoms with Gasteiger partial charge in [-0.15, -0.1) is 0 Å². The molecule has 2 aromatic carbocycles. The number of rotatable bonds is 10. The molecule has 2 heterocycles. The highest BCUT2D eigenvalue weighted by atomic mass is 16.5.